The number of ketones is 1. The van der Waals surface area contributed by atoms with Gasteiger partial charge in [0, 0.05) is 35.3 Å². The fourth-order valence-electron chi connectivity index (χ4n) is 2.03. The molecule has 2 N–H and O–H groups in total. The predicted octanol–water partition coefficient (Wildman–Crippen LogP) is 2.79. The van der Waals surface area contributed by atoms with E-state index in [-0.39, 0.29) is 5.78 Å². The van der Waals surface area contributed by atoms with Crippen molar-refractivity contribution in [1.29, 1.82) is 0 Å². The molecular weight excluding hydrogens is 224 g/mol. The third kappa shape index (κ3) is 2.02. The molecule has 18 heavy (non-hydrogen) atoms. The molecule has 94 valence electrons. The molecule has 0 saturated carbocycles. The number of rotatable bonds is 4. The average Bonchev–Trinajstić information content (AvgIpc) is 2.45. The molecule has 3 nitrogen and oxygen atoms in total. The molecule has 2 aromatic rings. The lowest BCUT2D eigenvalue weighted by Gasteiger charge is -2.25. The molecular formula is C15H18N2O. The highest BCUT2D eigenvalue weighted by atomic mass is 16.1. The lowest BCUT2D eigenvalue weighted by atomic mass is 9.79. The van der Waals surface area contributed by atoms with Gasteiger partial charge in [0.15, 0.2) is 5.78 Å². The molecule has 1 aromatic heterocycles. The Morgan fingerprint density at radius 3 is 2.83 bits per heavy atom. The predicted molar refractivity (Wildman–Crippen MR) is 73.5 cm³/mol. The van der Waals surface area contributed by atoms with Crippen LogP contribution in [-0.2, 0) is 0 Å². The third-order valence-electron chi connectivity index (χ3n) is 3.71. The number of carbonyl (C=O) groups excluding carboxylic acids is 1. The van der Waals surface area contributed by atoms with Crippen LogP contribution in [0.15, 0.2) is 36.7 Å². The number of hydrogen-bond acceptors (Lipinski definition) is 3. The van der Waals surface area contributed by atoms with Crippen molar-refractivity contribution in [1.82, 2.24) is 4.98 Å². The van der Waals surface area contributed by atoms with E-state index in [1.807, 2.05) is 38.1 Å². The van der Waals surface area contributed by atoms with Gasteiger partial charge >= 0.3 is 0 Å². The van der Waals surface area contributed by atoms with Crippen LogP contribution in [-0.4, -0.2) is 17.3 Å². The molecule has 1 unspecified atom stereocenters. The largest absolute Gasteiger partial charge is 0.329 e. The van der Waals surface area contributed by atoms with Crippen LogP contribution < -0.4 is 5.73 Å². The number of nitrogens with two attached hydrogens (primary N) is 1. The minimum Gasteiger partial charge on any atom is -0.329 e. The van der Waals surface area contributed by atoms with Crippen LogP contribution in [0.25, 0.3) is 10.8 Å². The van der Waals surface area contributed by atoms with Gasteiger partial charge in [0.1, 0.15) is 0 Å². The Morgan fingerprint density at radius 1 is 1.39 bits per heavy atom. The lowest BCUT2D eigenvalue weighted by Crippen LogP contribution is -2.35. The topological polar surface area (TPSA) is 56.0 Å². The SMILES string of the molecule is CCC(C)(CN)C(=O)c1cccc2ccncc12. The number of nitrogens with zero attached hydrogens (tertiary/aromatic N) is 1. The first-order chi connectivity index (χ1) is 8.62. The smallest absolute Gasteiger partial charge is 0.170 e. The molecule has 0 radical (unpaired) electrons. The standard InChI is InChI=1S/C15H18N2O/c1-3-15(2,10-16)14(18)12-6-4-5-11-7-8-17-9-13(11)12/h4-9H,3,10,16H2,1-2H3. The zero-order valence-corrected chi connectivity index (χ0v) is 10.8. The summed E-state index contributed by atoms with van der Waals surface area (Å²) in [5, 5.41) is 1.93. The Bertz CT molecular complexity index is 568. The third-order valence-corrected chi connectivity index (χ3v) is 3.71. The number of carbonyl (C=O) groups is 1. The van der Waals surface area contributed by atoms with Gasteiger partial charge in [-0.05, 0) is 17.9 Å². The number of Topliss-reactive ketones (excluding diaryl/α,β-unsaturated/α-hetero) is 1. The van der Waals surface area contributed by atoms with Crippen molar-refractivity contribution in [3.05, 3.63) is 42.2 Å². The molecule has 1 aromatic carbocycles. The van der Waals surface area contributed by atoms with Crippen LogP contribution in [0.5, 0.6) is 0 Å². The summed E-state index contributed by atoms with van der Waals surface area (Å²) >= 11 is 0. The van der Waals surface area contributed by atoms with Crippen LogP contribution in [0, 0.1) is 5.41 Å². The normalized spacial score (nSPS) is 14.4. The van der Waals surface area contributed by atoms with Gasteiger partial charge in [-0.1, -0.05) is 32.0 Å². The Morgan fingerprint density at radius 2 is 2.17 bits per heavy atom. The van der Waals surface area contributed by atoms with Gasteiger partial charge in [-0.3, -0.25) is 9.78 Å². The second kappa shape index (κ2) is 4.86. The molecule has 0 aliphatic rings. The summed E-state index contributed by atoms with van der Waals surface area (Å²) in [6.07, 6.45) is 4.21. The molecule has 0 bridgehead atoms. The number of aromatic nitrogens is 1. The Balaban J connectivity index is 2.58. The molecule has 1 atom stereocenters. The number of fused-ring (bicyclic) bond motifs is 1. The fraction of sp³-hybridized carbons (Fsp3) is 0.333. The Labute approximate surface area is 107 Å². The summed E-state index contributed by atoms with van der Waals surface area (Å²) < 4.78 is 0. The number of hydrogen-bond donors (Lipinski definition) is 1. The molecule has 2 rings (SSSR count). The second-order valence-corrected chi connectivity index (χ2v) is 4.85. The van der Waals surface area contributed by atoms with E-state index in [0.717, 1.165) is 22.8 Å². The molecule has 1 heterocycles. The number of pyridine rings is 1. The first-order valence-corrected chi connectivity index (χ1v) is 6.20. The van der Waals surface area contributed by atoms with Crippen molar-refractivity contribution in [2.75, 3.05) is 6.54 Å². The van der Waals surface area contributed by atoms with E-state index in [4.69, 9.17) is 5.73 Å². The van der Waals surface area contributed by atoms with E-state index in [9.17, 15) is 4.79 Å². The highest BCUT2D eigenvalue weighted by Crippen LogP contribution is 2.28. The van der Waals surface area contributed by atoms with Gasteiger partial charge in [-0.2, -0.15) is 0 Å². The summed E-state index contributed by atoms with van der Waals surface area (Å²) in [6, 6.07) is 7.66. The molecule has 3 heteroatoms. The van der Waals surface area contributed by atoms with Crippen LogP contribution in [0.1, 0.15) is 30.6 Å². The highest BCUT2D eigenvalue weighted by Gasteiger charge is 2.31. The summed E-state index contributed by atoms with van der Waals surface area (Å²) in [5.41, 5.74) is 5.99. The molecule has 0 amide bonds. The lowest BCUT2D eigenvalue weighted by molar-refractivity contribution is 0.0822. The molecule has 0 aliphatic carbocycles. The van der Waals surface area contributed by atoms with Crippen LogP contribution in [0.4, 0.5) is 0 Å². The van der Waals surface area contributed by atoms with Crippen molar-refractivity contribution in [2.24, 2.45) is 11.1 Å². The van der Waals surface area contributed by atoms with Gasteiger partial charge in [0.2, 0.25) is 0 Å². The van der Waals surface area contributed by atoms with Crippen LogP contribution in [0.3, 0.4) is 0 Å². The highest BCUT2D eigenvalue weighted by molar-refractivity contribution is 6.10. The zero-order chi connectivity index (χ0) is 13.2. The van der Waals surface area contributed by atoms with E-state index in [1.54, 1.807) is 12.4 Å². The van der Waals surface area contributed by atoms with Crippen molar-refractivity contribution in [3.8, 4) is 0 Å². The van der Waals surface area contributed by atoms with Crippen molar-refractivity contribution in [2.45, 2.75) is 20.3 Å². The molecule has 0 saturated heterocycles. The minimum absolute atomic E-state index is 0.103. The molecule has 0 aliphatic heterocycles. The van der Waals surface area contributed by atoms with E-state index < -0.39 is 5.41 Å². The summed E-state index contributed by atoms with van der Waals surface area (Å²) in [7, 11) is 0. The van der Waals surface area contributed by atoms with E-state index >= 15 is 0 Å². The van der Waals surface area contributed by atoms with Crippen LogP contribution >= 0.6 is 0 Å². The molecule has 0 fully saturated rings. The fourth-order valence-corrected chi connectivity index (χ4v) is 2.03. The van der Waals surface area contributed by atoms with Crippen LogP contribution in [0.2, 0.25) is 0 Å². The maximum Gasteiger partial charge on any atom is 0.170 e. The second-order valence-electron chi connectivity index (χ2n) is 4.85. The Kier molecular flexibility index (Phi) is 3.43. The summed E-state index contributed by atoms with van der Waals surface area (Å²) in [6.45, 7) is 4.28. The Hall–Kier alpha value is -1.74. The van der Waals surface area contributed by atoms with Crippen molar-refractivity contribution >= 4 is 16.6 Å². The monoisotopic (exact) mass is 242 g/mol. The summed E-state index contributed by atoms with van der Waals surface area (Å²) in [5.74, 6) is 0.103. The van der Waals surface area contributed by atoms with Gasteiger partial charge in [0.25, 0.3) is 0 Å². The van der Waals surface area contributed by atoms with Crippen molar-refractivity contribution in [3.63, 3.8) is 0 Å². The summed E-state index contributed by atoms with van der Waals surface area (Å²) in [4.78, 5) is 16.7. The van der Waals surface area contributed by atoms with Gasteiger partial charge in [-0.15, -0.1) is 0 Å². The van der Waals surface area contributed by atoms with Gasteiger partial charge < -0.3 is 5.73 Å². The van der Waals surface area contributed by atoms with E-state index in [2.05, 4.69) is 4.98 Å². The van der Waals surface area contributed by atoms with Gasteiger partial charge in [-0.25, -0.2) is 0 Å². The maximum atomic E-state index is 12.6. The van der Waals surface area contributed by atoms with Gasteiger partial charge in [0.05, 0.1) is 0 Å². The molecule has 0 spiro atoms. The first-order valence-electron chi connectivity index (χ1n) is 6.20. The van der Waals surface area contributed by atoms with Crippen molar-refractivity contribution < 1.29 is 4.79 Å². The zero-order valence-electron chi connectivity index (χ0n) is 10.8. The quantitative estimate of drug-likeness (QED) is 0.839. The minimum atomic E-state index is -0.496. The number of benzene rings is 1. The van der Waals surface area contributed by atoms with E-state index in [1.165, 1.54) is 0 Å². The first kappa shape index (κ1) is 12.7. The average molecular weight is 242 g/mol. The maximum absolute atomic E-state index is 12.6. The van der Waals surface area contributed by atoms with E-state index in [0.29, 0.717) is 6.54 Å².